The minimum Gasteiger partial charge on any atom is -0.507 e. The van der Waals surface area contributed by atoms with Gasteiger partial charge in [-0.15, -0.1) is 0 Å². The first-order valence-electron chi connectivity index (χ1n) is 11.0. The highest BCUT2D eigenvalue weighted by atomic mass is 16.5. The largest absolute Gasteiger partial charge is 0.507 e. The van der Waals surface area contributed by atoms with Crippen molar-refractivity contribution in [2.45, 2.75) is 12.1 Å². The monoisotopic (exact) mass is 475 g/mol. The number of hydrogen-bond donors (Lipinski definition) is 3. The quantitative estimate of drug-likeness (QED) is 0.538. The van der Waals surface area contributed by atoms with E-state index in [1.54, 1.807) is 24.1 Å². The highest BCUT2D eigenvalue weighted by Gasteiger charge is 2.43. The molecule has 10 heteroatoms. The SMILES string of the molecule is CN1CC(C(c2ccccc2)n2cc(C#CCO)c(C#CCO)n2)N2/N=C\COCC(O)=C2C1=O. The molecule has 2 atom stereocenters. The molecule has 4 rings (SSSR count). The molecule has 0 spiro atoms. The summed E-state index contributed by atoms with van der Waals surface area (Å²) in [6.45, 7) is -0.292. The number of carbonyl (C=O) groups is 1. The van der Waals surface area contributed by atoms with Gasteiger partial charge in [0.2, 0.25) is 0 Å². The van der Waals surface area contributed by atoms with Crippen LogP contribution in [0, 0.1) is 23.7 Å². The molecular formula is C25H25N5O5. The molecule has 3 N–H and O–H groups in total. The molecule has 35 heavy (non-hydrogen) atoms. The molecule has 180 valence electrons. The fraction of sp³-hybridized carbons (Fsp3) is 0.320. The van der Waals surface area contributed by atoms with Crippen molar-refractivity contribution in [1.29, 1.82) is 0 Å². The van der Waals surface area contributed by atoms with Crippen molar-refractivity contribution in [3.8, 4) is 23.7 Å². The van der Waals surface area contributed by atoms with Crippen molar-refractivity contribution in [3.05, 3.63) is 64.8 Å². The molecule has 1 fully saturated rings. The van der Waals surface area contributed by atoms with E-state index in [4.69, 9.17) is 9.84 Å². The first kappa shape index (κ1) is 24.0. The van der Waals surface area contributed by atoms with Crippen molar-refractivity contribution in [1.82, 2.24) is 19.7 Å². The van der Waals surface area contributed by atoms with Crippen LogP contribution in [0.2, 0.25) is 0 Å². The molecule has 1 aromatic heterocycles. The number of amides is 1. The number of carbonyl (C=O) groups excluding carboxylic acids is 1. The van der Waals surface area contributed by atoms with Gasteiger partial charge in [0.25, 0.3) is 5.91 Å². The third kappa shape index (κ3) is 5.05. The number of nitrogens with zero attached hydrogens (tertiary/aromatic N) is 5. The Morgan fingerprint density at radius 1 is 1.17 bits per heavy atom. The predicted molar refractivity (Wildman–Crippen MR) is 127 cm³/mol. The Bertz CT molecular complexity index is 1220. The summed E-state index contributed by atoms with van der Waals surface area (Å²) >= 11 is 0. The summed E-state index contributed by atoms with van der Waals surface area (Å²) in [5.74, 6) is 10.3. The van der Waals surface area contributed by atoms with Crippen molar-refractivity contribution in [2.24, 2.45) is 5.10 Å². The molecule has 0 aliphatic carbocycles. The number of aromatic nitrogens is 2. The van der Waals surface area contributed by atoms with E-state index in [9.17, 15) is 15.0 Å². The average molecular weight is 476 g/mol. The lowest BCUT2D eigenvalue weighted by molar-refractivity contribution is -0.133. The molecule has 2 aliphatic heterocycles. The van der Waals surface area contributed by atoms with Gasteiger partial charge in [-0.1, -0.05) is 48.1 Å². The molecular weight excluding hydrogens is 450 g/mol. The van der Waals surface area contributed by atoms with Crippen LogP contribution in [-0.4, -0.2) is 93.2 Å². The van der Waals surface area contributed by atoms with Gasteiger partial charge in [0.05, 0.1) is 24.4 Å². The van der Waals surface area contributed by atoms with E-state index in [0.29, 0.717) is 17.8 Å². The summed E-state index contributed by atoms with van der Waals surface area (Å²) in [5, 5.41) is 39.7. The van der Waals surface area contributed by atoms with Gasteiger partial charge in [-0.25, -0.2) is 5.01 Å². The van der Waals surface area contributed by atoms with Crippen LogP contribution in [0.3, 0.4) is 0 Å². The average Bonchev–Trinajstić information content (AvgIpc) is 3.25. The molecule has 10 nitrogen and oxygen atoms in total. The molecule has 2 unspecified atom stereocenters. The second-order valence-corrected chi connectivity index (χ2v) is 7.85. The topological polar surface area (TPSA) is 124 Å². The summed E-state index contributed by atoms with van der Waals surface area (Å²) in [7, 11) is 1.66. The summed E-state index contributed by atoms with van der Waals surface area (Å²) < 4.78 is 7.04. The van der Waals surface area contributed by atoms with Crippen molar-refractivity contribution >= 4 is 12.1 Å². The van der Waals surface area contributed by atoms with E-state index in [1.165, 1.54) is 9.91 Å². The van der Waals surface area contributed by atoms with Gasteiger partial charge in [0.1, 0.15) is 31.6 Å². The molecule has 0 radical (unpaired) electrons. The van der Waals surface area contributed by atoms with Crippen LogP contribution < -0.4 is 0 Å². The van der Waals surface area contributed by atoms with Crippen LogP contribution in [0.15, 0.2) is 53.1 Å². The normalized spacial score (nSPS) is 19.5. The molecule has 2 aromatic rings. The number of rotatable bonds is 3. The lowest BCUT2D eigenvalue weighted by Crippen LogP contribution is -2.55. The maximum absolute atomic E-state index is 13.0. The van der Waals surface area contributed by atoms with Gasteiger partial charge < -0.3 is 25.0 Å². The van der Waals surface area contributed by atoms with E-state index in [0.717, 1.165) is 5.56 Å². The highest BCUT2D eigenvalue weighted by Crippen LogP contribution is 2.33. The molecule has 3 heterocycles. The third-order valence-electron chi connectivity index (χ3n) is 5.57. The lowest BCUT2D eigenvalue weighted by atomic mass is 9.96. The van der Waals surface area contributed by atoms with E-state index < -0.39 is 12.1 Å². The molecule has 1 saturated heterocycles. The van der Waals surface area contributed by atoms with Gasteiger partial charge in [-0.3, -0.25) is 9.48 Å². The maximum Gasteiger partial charge on any atom is 0.275 e. The number of benzene rings is 1. The van der Waals surface area contributed by atoms with Crippen LogP contribution in [0.1, 0.15) is 22.9 Å². The zero-order valence-electron chi connectivity index (χ0n) is 19.1. The van der Waals surface area contributed by atoms with Crippen LogP contribution in [0.4, 0.5) is 0 Å². The number of piperazine rings is 1. The number of ether oxygens (including phenoxy) is 1. The molecule has 1 amide bonds. The smallest absolute Gasteiger partial charge is 0.275 e. The second-order valence-electron chi connectivity index (χ2n) is 7.85. The third-order valence-corrected chi connectivity index (χ3v) is 5.57. The van der Waals surface area contributed by atoms with Gasteiger partial charge in [0.15, 0.2) is 11.4 Å². The molecule has 0 saturated carbocycles. The number of hydrazone groups is 1. The Morgan fingerprint density at radius 3 is 2.66 bits per heavy atom. The van der Waals surface area contributed by atoms with Gasteiger partial charge in [0, 0.05) is 19.8 Å². The predicted octanol–water partition coefficient (Wildman–Crippen LogP) is 0.0883. The number of aliphatic hydroxyl groups excluding tert-OH is 3. The summed E-state index contributed by atoms with van der Waals surface area (Å²) in [6, 6.07) is 8.68. The van der Waals surface area contributed by atoms with Crippen molar-refractivity contribution in [3.63, 3.8) is 0 Å². The Kier molecular flexibility index (Phi) is 7.48. The number of hydrogen-bond acceptors (Lipinski definition) is 8. The Morgan fingerprint density at radius 2 is 1.91 bits per heavy atom. The van der Waals surface area contributed by atoms with E-state index in [2.05, 4.69) is 33.9 Å². The molecule has 0 bridgehead atoms. The van der Waals surface area contributed by atoms with Gasteiger partial charge >= 0.3 is 0 Å². The zero-order valence-corrected chi connectivity index (χ0v) is 19.1. The Balaban J connectivity index is 1.90. The van der Waals surface area contributed by atoms with Crippen LogP contribution in [0.5, 0.6) is 0 Å². The Hall–Kier alpha value is -4.09. The highest BCUT2D eigenvalue weighted by molar-refractivity contribution is 5.94. The number of likely N-dealkylation sites (N-methyl/N-ethyl adjacent to an activating group) is 1. The van der Waals surface area contributed by atoms with Crippen LogP contribution >= 0.6 is 0 Å². The summed E-state index contributed by atoms with van der Waals surface area (Å²) in [6.07, 6.45) is 3.28. The summed E-state index contributed by atoms with van der Waals surface area (Å²) in [5.41, 5.74) is 1.78. The van der Waals surface area contributed by atoms with Gasteiger partial charge in [-0.2, -0.15) is 10.2 Å². The minimum atomic E-state index is -0.466. The number of aliphatic hydroxyl groups is 3. The van der Waals surface area contributed by atoms with Crippen LogP contribution in [-0.2, 0) is 9.53 Å². The fourth-order valence-electron chi connectivity index (χ4n) is 4.09. The first-order chi connectivity index (χ1) is 17.0. The second kappa shape index (κ2) is 10.9. The van der Waals surface area contributed by atoms with Gasteiger partial charge in [-0.05, 0) is 11.5 Å². The van der Waals surface area contributed by atoms with E-state index >= 15 is 0 Å². The maximum atomic E-state index is 13.0. The molecule has 2 aliphatic rings. The summed E-state index contributed by atoms with van der Waals surface area (Å²) in [4.78, 5) is 14.5. The zero-order chi connectivity index (χ0) is 24.8. The molecule has 1 aromatic carbocycles. The lowest BCUT2D eigenvalue weighted by Gasteiger charge is -2.43. The van der Waals surface area contributed by atoms with E-state index in [1.807, 2.05) is 30.3 Å². The fourth-order valence-corrected chi connectivity index (χ4v) is 4.09. The van der Waals surface area contributed by atoms with E-state index in [-0.39, 0.29) is 43.8 Å². The first-order valence-corrected chi connectivity index (χ1v) is 11.0. The van der Waals surface area contributed by atoms with Crippen molar-refractivity contribution < 1.29 is 24.9 Å². The van der Waals surface area contributed by atoms with Crippen molar-refractivity contribution in [2.75, 3.05) is 40.0 Å². The van der Waals surface area contributed by atoms with Crippen LogP contribution in [0.25, 0.3) is 0 Å². The number of fused-ring (bicyclic) bond motifs is 1. The Labute approximate surface area is 202 Å². The minimum absolute atomic E-state index is 0.0494. The standard InChI is InChI=1S/C25H25N5O5/c1-28-16-21(30-24(25(28)34)22(33)17-35-14-11-26-30)23(18-7-3-2-4-8-18)29-15-19(9-5-12-31)20(27-29)10-6-13-32/h2-4,7-8,11,15,21,23,31-33H,12-14,16-17H2,1H3/b24-22?,26-11-.